The molecule has 1 aromatic carbocycles. The lowest BCUT2D eigenvalue weighted by Crippen LogP contribution is -2.25. The molecule has 1 aliphatic rings. The van der Waals surface area contributed by atoms with E-state index in [0.29, 0.717) is 12.0 Å². The van der Waals surface area contributed by atoms with Crippen LogP contribution in [-0.4, -0.2) is 19.7 Å². The molecule has 1 aliphatic carbocycles. The van der Waals surface area contributed by atoms with Gasteiger partial charge in [0.25, 0.3) is 0 Å². The molecular weight excluding hydrogens is 234 g/mol. The third-order valence-corrected chi connectivity index (χ3v) is 4.16. The molecule has 0 heterocycles. The Morgan fingerprint density at radius 3 is 2.58 bits per heavy atom. The number of nitrogens with one attached hydrogen (secondary N) is 1. The number of rotatable bonds is 5. The highest BCUT2D eigenvalue weighted by Gasteiger charge is 2.20. The van der Waals surface area contributed by atoms with Crippen LogP contribution in [0.25, 0.3) is 0 Å². The van der Waals surface area contributed by atoms with Gasteiger partial charge in [0.05, 0.1) is 6.61 Å². The summed E-state index contributed by atoms with van der Waals surface area (Å²) >= 11 is 0. The SMILES string of the molecule is CCCOc1ccc(C2CCCCC(NC)C2)cc1. The molecule has 0 amide bonds. The van der Waals surface area contributed by atoms with Crippen LogP contribution in [0.5, 0.6) is 5.75 Å². The molecule has 0 bridgehead atoms. The van der Waals surface area contributed by atoms with Gasteiger partial charge in [0.2, 0.25) is 0 Å². The lowest BCUT2D eigenvalue weighted by atomic mass is 9.90. The highest BCUT2D eigenvalue weighted by atomic mass is 16.5. The first-order valence-electron chi connectivity index (χ1n) is 7.73. The third kappa shape index (κ3) is 4.24. The second-order valence-electron chi connectivity index (χ2n) is 5.62. The highest BCUT2D eigenvalue weighted by molar-refractivity contribution is 5.29. The monoisotopic (exact) mass is 261 g/mol. The van der Waals surface area contributed by atoms with E-state index in [4.69, 9.17) is 4.74 Å². The molecular formula is C17H27NO. The Morgan fingerprint density at radius 2 is 1.89 bits per heavy atom. The van der Waals surface area contributed by atoms with Crippen LogP contribution in [0.4, 0.5) is 0 Å². The van der Waals surface area contributed by atoms with Crippen LogP contribution in [0, 0.1) is 0 Å². The van der Waals surface area contributed by atoms with Crippen molar-refractivity contribution in [2.45, 2.75) is 57.4 Å². The van der Waals surface area contributed by atoms with Crippen molar-refractivity contribution in [2.75, 3.05) is 13.7 Å². The molecule has 2 unspecified atom stereocenters. The van der Waals surface area contributed by atoms with E-state index < -0.39 is 0 Å². The van der Waals surface area contributed by atoms with Gasteiger partial charge in [-0.3, -0.25) is 0 Å². The van der Waals surface area contributed by atoms with Crippen molar-refractivity contribution in [3.8, 4) is 5.75 Å². The number of ether oxygens (including phenoxy) is 1. The summed E-state index contributed by atoms with van der Waals surface area (Å²) in [5.41, 5.74) is 1.48. The fraction of sp³-hybridized carbons (Fsp3) is 0.647. The van der Waals surface area contributed by atoms with E-state index in [1.165, 1.54) is 37.7 Å². The van der Waals surface area contributed by atoms with Crippen molar-refractivity contribution < 1.29 is 4.74 Å². The van der Waals surface area contributed by atoms with Gasteiger partial charge in [-0.15, -0.1) is 0 Å². The Balaban J connectivity index is 1.99. The van der Waals surface area contributed by atoms with Crippen LogP contribution in [0.1, 0.15) is 56.9 Å². The zero-order valence-corrected chi connectivity index (χ0v) is 12.3. The topological polar surface area (TPSA) is 21.3 Å². The molecule has 2 nitrogen and oxygen atoms in total. The largest absolute Gasteiger partial charge is 0.494 e. The average Bonchev–Trinajstić information content (AvgIpc) is 2.71. The van der Waals surface area contributed by atoms with Gasteiger partial charge in [-0.1, -0.05) is 31.9 Å². The lowest BCUT2D eigenvalue weighted by Gasteiger charge is -2.20. The van der Waals surface area contributed by atoms with Crippen LogP contribution in [0.2, 0.25) is 0 Å². The van der Waals surface area contributed by atoms with Crippen molar-refractivity contribution in [1.82, 2.24) is 5.32 Å². The first kappa shape index (κ1) is 14.4. The Kier molecular flexibility index (Phi) is 5.71. The van der Waals surface area contributed by atoms with Gasteiger partial charge >= 0.3 is 0 Å². The second kappa shape index (κ2) is 7.54. The normalized spacial score (nSPS) is 23.9. The Hall–Kier alpha value is -1.02. The number of hydrogen-bond donors (Lipinski definition) is 1. The minimum absolute atomic E-state index is 0.684. The van der Waals surface area contributed by atoms with Gasteiger partial charge in [0.1, 0.15) is 5.75 Å². The van der Waals surface area contributed by atoms with Gasteiger partial charge in [0, 0.05) is 6.04 Å². The summed E-state index contributed by atoms with van der Waals surface area (Å²) in [5.74, 6) is 1.71. The minimum Gasteiger partial charge on any atom is -0.494 e. The number of benzene rings is 1. The van der Waals surface area contributed by atoms with Gasteiger partial charge < -0.3 is 10.1 Å². The summed E-state index contributed by atoms with van der Waals surface area (Å²) in [6.07, 6.45) is 7.70. The zero-order chi connectivity index (χ0) is 13.5. The maximum absolute atomic E-state index is 5.65. The first-order chi connectivity index (χ1) is 9.33. The molecule has 1 saturated carbocycles. The summed E-state index contributed by atoms with van der Waals surface area (Å²) < 4.78 is 5.65. The van der Waals surface area contributed by atoms with Gasteiger partial charge in [-0.25, -0.2) is 0 Å². The second-order valence-corrected chi connectivity index (χ2v) is 5.62. The minimum atomic E-state index is 0.684. The first-order valence-corrected chi connectivity index (χ1v) is 7.73. The van der Waals surface area contributed by atoms with Crippen molar-refractivity contribution >= 4 is 0 Å². The van der Waals surface area contributed by atoms with Crippen molar-refractivity contribution in [2.24, 2.45) is 0 Å². The maximum Gasteiger partial charge on any atom is 0.119 e. The van der Waals surface area contributed by atoms with Gasteiger partial charge in [-0.2, -0.15) is 0 Å². The Bertz CT molecular complexity index is 360. The van der Waals surface area contributed by atoms with Crippen LogP contribution in [-0.2, 0) is 0 Å². The van der Waals surface area contributed by atoms with Crippen LogP contribution >= 0.6 is 0 Å². The summed E-state index contributed by atoms with van der Waals surface area (Å²) in [4.78, 5) is 0. The summed E-state index contributed by atoms with van der Waals surface area (Å²) in [6, 6.07) is 9.46. The highest BCUT2D eigenvalue weighted by Crippen LogP contribution is 2.32. The molecule has 1 aromatic rings. The molecule has 2 heteroatoms. The van der Waals surface area contributed by atoms with Gasteiger partial charge in [0.15, 0.2) is 0 Å². The molecule has 1 N–H and O–H groups in total. The third-order valence-electron chi connectivity index (χ3n) is 4.16. The Labute approximate surface area is 117 Å². The van der Waals surface area contributed by atoms with Crippen molar-refractivity contribution in [3.05, 3.63) is 29.8 Å². The summed E-state index contributed by atoms with van der Waals surface area (Å²) in [5, 5.41) is 3.46. The molecule has 0 aliphatic heterocycles. The van der Waals surface area contributed by atoms with Crippen molar-refractivity contribution in [3.63, 3.8) is 0 Å². The van der Waals surface area contributed by atoms with E-state index in [-0.39, 0.29) is 0 Å². The summed E-state index contributed by atoms with van der Waals surface area (Å²) in [7, 11) is 2.09. The predicted octanol–water partition coefficient (Wildman–Crippen LogP) is 4.11. The molecule has 0 saturated heterocycles. The van der Waals surface area contributed by atoms with E-state index in [9.17, 15) is 0 Å². The van der Waals surface area contributed by atoms with Crippen LogP contribution < -0.4 is 10.1 Å². The van der Waals surface area contributed by atoms with Crippen LogP contribution in [0.15, 0.2) is 24.3 Å². The van der Waals surface area contributed by atoms with Crippen LogP contribution in [0.3, 0.4) is 0 Å². The fourth-order valence-electron chi connectivity index (χ4n) is 2.98. The smallest absolute Gasteiger partial charge is 0.119 e. The van der Waals surface area contributed by atoms with E-state index in [1.807, 2.05) is 0 Å². The molecule has 0 spiro atoms. The zero-order valence-electron chi connectivity index (χ0n) is 12.3. The predicted molar refractivity (Wildman–Crippen MR) is 80.9 cm³/mol. The molecule has 19 heavy (non-hydrogen) atoms. The number of hydrogen-bond acceptors (Lipinski definition) is 2. The quantitative estimate of drug-likeness (QED) is 0.805. The maximum atomic E-state index is 5.65. The summed E-state index contributed by atoms with van der Waals surface area (Å²) in [6.45, 7) is 2.95. The lowest BCUT2D eigenvalue weighted by molar-refractivity contribution is 0.317. The molecule has 1 fully saturated rings. The average molecular weight is 261 g/mol. The van der Waals surface area contributed by atoms with E-state index in [0.717, 1.165) is 18.8 Å². The van der Waals surface area contributed by atoms with E-state index in [1.54, 1.807) is 0 Å². The standard InChI is InChI=1S/C17H27NO/c1-3-12-19-17-10-8-14(9-11-17)15-6-4-5-7-16(13-15)18-2/h8-11,15-16,18H,3-7,12-13H2,1-2H3. The van der Waals surface area contributed by atoms with E-state index >= 15 is 0 Å². The molecule has 0 radical (unpaired) electrons. The van der Waals surface area contributed by atoms with Crippen molar-refractivity contribution in [1.29, 1.82) is 0 Å². The molecule has 2 atom stereocenters. The Morgan fingerprint density at radius 1 is 1.16 bits per heavy atom. The molecule has 0 aromatic heterocycles. The molecule has 106 valence electrons. The molecule has 2 rings (SSSR count). The van der Waals surface area contributed by atoms with E-state index in [2.05, 4.69) is 43.6 Å². The van der Waals surface area contributed by atoms with Gasteiger partial charge in [-0.05, 0) is 56.3 Å². The fourth-order valence-corrected chi connectivity index (χ4v) is 2.98.